The molecule has 6 heteroatoms. The molecule has 3 N–H and O–H groups in total. The molecule has 0 heterocycles. The summed E-state index contributed by atoms with van der Waals surface area (Å²) in [5, 5.41) is 8.04. The number of anilines is 2. The first-order valence-corrected chi connectivity index (χ1v) is 7.95. The Morgan fingerprint density at radius 1 is 0.960 bits per heavy atom. The highest BCUT2D eigenvalue weighted by Gasteiger charge is 2.10. The number of hydrogen-bond acceptors (Lipinski definition) is 3. The Kier molecular flexibility index (Phi) is 6.00. The van der Waals surface area contributed by atoms with Crippen LogP contribution < -0.4 is 20.7 Å². The number of carbonyl (C=O) groups excluding carboxylic acids is 2. The molecule has 0 unspecified atom stereocenters. The molecule has 0 aliphatic heterocycles. The van der Waals surface area contributed by atoms with E-state index in [-0.39, 0.29) is 12.5 Å². The molecule has 6 nitrogen and oxygen atoms in total. The minimum absolute atomic E-state index is 0.116. The molecule has 2 rings (SSSR count). The number of benzene rings is 2. The summed E-state index contributed by atoms with van der Waals surface area (Å²) < 4.78 is 5.06. The van der Waals surface area contributed by atoms with Crippen molar-refractivity contribution in [1.29, 1.82) is 0 Å². The van der Waals surface area contributed by atoms with Crippen molar-refractivity contribution in [3.8, 4) is 5.75 Å². The molecule has 0 aromatic heterocycles. The standard InChI is InChI=1S/C19H23N3O3/c1-12-9-13(2)18(14(3)10-12)22-17(23)11-20-19(24)21-15-5-7-16(25-4)8-6-15/h5-10H,11H2,1-4H3,(H,22,23)(H2,20,21,24). The number of carbonyl (C=O) groups is 2. The van der Waals surface area contributed by atoms with Gasteiger partial charge in [-0.05, 0) is 56.2 Å². The highest BCUT2D eigenvalue weighted by Crippen LogP contribution is 2.21. The number of ether oxygens (including phenoxy) is 1. The second kappa shape index (κ2) is 8.19. The zero-order valence-electron chi connectivity index (χ0n) is 14.9. The zero-order valence-corrected chi connectivity index (χ0v) is 14.9. The molecule has 0 bridgehead atoms. The van der Waals surface area contributed by atoms with Gasteiger partial charge in [0.1, 0.15) is 5.75 Å². The van der Waals surface area contributed by atoms with Crippen LogP contribution in [0.25, 0.3) is 0 Å². The minimum Gasteiger partial charge on any atom is -0.497 e. The van der Waals surface area contributed by atoms with E-state index < -0.39 is 6.03 Å². The highest BCUT2D eigenvalue weighted by molar-refractivity contribution is 5.97. The summed E-state index contributed by atoms with van der Waals surface area (Å²) in [7, 11) is 1.57. The van der Waals surface area contributed by atoms with Gasteiger partial charge in [-0.15, -0.1) is 0 Å². The van der Waals surface area contributed by atoms with Crippen molar-refractivity contribution in [2.24, 2.45) is 0 Å². The average Bonchev–Trinajstić information content (AvgIpc) is 2.57. The van der Waals surface area contributed by atoms with E-state index in [0.717, 1.165) is 22.4 Å². The van der Waals surface area contributed by atoms with E-state index in [1.165, 1.54) is 0 Å². The summed E-state index contributed by atoms with van der Waals surface area (Å²) in [6.07, 6.45) is 0. The smallest absolute Gasteiger partial charge is 0.319 e. The van der Waals surface area contributed by atoms with Crippen LogP contribution in [-0.4, -0.2) is 25.6 Å². The molecule has 0 aliphatic rings. The van der Waals surface area contributed by atoms with E-state index >= 15 is 0 Å². The van der Waals surface area contributed by atoms with Crippen LogP contribution in [-0.2, 0) is 4.79 Å². The zero-order chi connectivity index (χ0) is 18.4. The Balaban J connectivity index is 1.86. The van der Waals surface area contributed by atoms with Crippen molar-refractivity contribution in [3.05, 3.63) is 53.1 Å². The van der Waals surface area contributed by atoms with Gasteiger partial charge in [0.15, 0.2) is 0 Å². The van der Waals surface area contributed by atoms with E-state index in [1.54, 1.807) is 31.4 Å². The molecular formula is C19H23N3O3. The summed E-state index contributed by atoms with van der Waals surface area (Å²) >= 11 is 0. The van der Waals surface area contributed by atoms with Crippen LogP contribution in [0.2, 0.25) is 0 Å². The van der Waals surface area contributed by atoms with Gasteiger partial charge < -0.3 is 20.7 Å². The van der Waals surface area contributed by atoms with Gasteiger partial charge in [0, 0.05) is 11.4 Å². The molecule has 0 atom stereocenters. The summed E-state index contributed by atoms with van der Waals surface area (Å²) in [5.41, 5.74) is 4.53. The van der Waals surface area contributed by atoms with E-state index in [1.807, 2.05) is 32.9 Å². The molecule has 25 heavy (non-hydrogen) atoms. The summed E-state index contributed by atoms with van der Waals surface area (Å²) in [4.78, 5) is 23.9. The Labute approximate surface area is 147 Å². The van der Waals surface area contributed by atoms with Crippen LogP contribution >= 0.6 is 0 Å². The Bertz CT molecular complexity index is 747. The molecular weight excluding hydrogens is 318 g/mol. The summed E-state index contributed by atoms with van der Waals surface area (Å²) in [5.74, 6) is 0.425. The number of urea groups is 1. The normalized spacial score (nSPS) is 10.1. The molecule has 132 valence electrons. The van der Waals surface area contributed by atoms with Gasteiger partial charge in [-0.1, -0.05) is 17.7 Å². The van der Waals surface area contributed by atoms with E-state index in [2.05, 4.69) is 16.0 Å². The van der Waals surface area contributed by atoms with Crippen molar-refractivity contribution in [2.45, 2.75) is 20.8 Å². The molecule has 0 aliphatic carbocycles. The third kappa shape index (κ3) is 5.24. The quantitative estimate of drug-likeness (QED) is 0.780. The Hall–Kier alpha value is -3.02. The van der Waals surface area contributed by atoms with Crippen LogP contribution in [0.5, 0.6) is 5.75 Å². The van der Waals surface area contributed by atoms with Gasteiger partial charge >= 0.3 is 6.03 Å². The van der Waals surface area contributed by atoms with E-state index in [4.69, 9.17) is 4.74 Å². The number of methoxy groups -OCH3 is 1. The molecule has 2 aromatic carbocycles. The topological polar surface area (TPSA) is 79.5 Å². The van der Waals surface area contributed by atoms with Gasteiger partial charge in [0.25, 0.3) is 0 Å². The van der Waals surface area contributed by atoms with E-state index in [9.17, 15) is 9.59 Å². The molecule has 0 fully saturated rings. The first kappa shape index (κ1) is 18.3. The van der Waals surface area contributed by atoms with Crippen LogP contribution in [0.15, 0.2) is 36.4 Å². The van der Waals surface area contributed by atoms with E-state index in [0.29, 0.717) is 11.4 Å². The van der Waals surface area contributed by atoms with Gasteiger partial charge in [0.05, 0.1) is 13.7 Å². The maximum Gasteiger partial charge on any atom is 0.319 e. The van der Waals surface area contributed by atoms with Gasteiger partial charge in [-0.25, -0.2) is 4.79 Å². The van der Waals surface area contributed by atoms with Gasteiger partial charge in [-0.2, -0.15) is 0 Å². The SMILES string of the molecule is COc1ccc(NC(=O)NCC(=O)Nc2c(C)cc(C)cc2C)cc1. The van der Waals surface area contributed by atoms with Crippen LogP contribution in [0.1, 0.15) is 16.7 Å². The number of amides is 3. The second-order valence-electron chi connectivity index (χ2n) is 5.86. The number of nitrogens with one attached hydrogen (secondary N) is 3. The Morgan fingerprint density at radius 2 is 1.56 bits per heavy atom. The van der Waals surface area contributed by atoms with Crippen molar-refractivity contribution in [3.63, 3.8) is 0 Å². The average molecular weight is 341 g/mol. The molecule has 0 saturated carbocycles. The molecule has 0 radical (unpaired) electrons. The molecule has 3 amide bonds. The lowest BCUT2D eigenvalue weighted by Gasteiger charge is -2.13. The molecule has 2 aromatic rings. The fourth-order valence-electron chi connectivity index (χ4n) is 2.57. The fraction of sp³-hybridized carbons (Fsp3) is 0.263. The lowest BCUT2D eigenvalue weighted by atomic mass is 10.1. The first-order chi connectivity index (χ1) is 11.9. The largest absolute Gasteiger partial charge is 0.497 e. The number of hydrogen-bond donors (Lipinski definition) is 3. The lowest BCUT2D eigenvalue weighted by Crippen LogP contribution is -2.36. The maximum atomic E-state index is 12.1. The first-order valence-electron chi connectivity index (χ1n) is 7.95. The predicted molar refractivity (Wildman–Crippen MR) is 99.3 cm³/mol. The minimum atomic E-state index is -0.447. The molecule has 0 spiro atoms. The van der Waals surface area contributed by atoms with Crippen LogP contribution in [0.4, 0.5) is 16.2 Å². The third-order valence-electron chi connectivity index (χ3n) is 3.70. The Morgan fingerprint density at radius 3 is 2.12 bits per heavy atom. The lowest BCUT2D eigenvalue weighted by molar-refractivity contribution is -0.115. The van der Waals surface area contributed by atoms with Crippen molar-refractivity contribution >= 4 is 23.3 Å². The number of rotatable bonds is 5. The monoisotopic (exact) mass is 341 g/mol. The summed E-state index contributed by atoms with van der Waals surface area (Å²) in [6, 6.07) is 10.5. The molecule has 0 saturated heterocycles. The van der Waals surface area contributed by atoms with Gasteiger partial charge in [0.2, 0.25) is 5.91 Å². The second-order valence-corrected chi connectivity index (χ2v) is 5.86. The van der Waals surface area contributed by atoms with Gasteiger partial charge in [-0.3, -0.25) is 4.79 Å². The van der Waals surface area contributed by atoms with Crippen molar-refractivity contribution in [1.82, 2.24) is 5.32 Å². The van der Waals surface area contributed by atoms with Crippen LogP contribution in [0.3, 0.4) is 0 Å². The fourth-order valence-corrected chi connectivity index (χ4v) is 2.57. The van der Waals surface area contributed by atoms with Crippen LogP contribution in [0, 0.1) is 20.8 Å². The summed E-state index contributed by atoms with van der Waals surface area (Å²) in [6.45, 7) is 5.78. The number of aryl methyl sites for hydroxylation is 3. The third-order valence-corrected chi connectivity index (χ3v) is 3.70. The maximum absolute atomic E-state index is 12.1. The van der Waals surface area contributed by atoms with Crippen molar-refractivity contribution in [2.75, 3.05) is 24.3 Å². The highest BCUT2D eigenvalue weighted by atomic mass is 16.5. The predicted octanol–water partition coefficient (Wildman–Crippen LogP) is 3.38. The van der Waals surface area contributed by atoms with Crippen molar-refractivity contribution < 1.29 is 14.3 Å².